The van der Waals surface area contributed by atoms with Crippen LogP contribution in [0.3, 0.4) is 0 Å². The Morgan fingerprint density at radius 1 is 1.09 bits per heavy atom. The highest BCUT2D eigenvalue weighted by Gasteiger charge is 2.76. The normalized spacial score (nSPS) is 49.3. The number of carbonyl (C=O) groups excluding carboxylic acids is 1. The Morgan fingerprint density at radius 3 is 2.44 bits per heavy atom. The molecule has 9 atom stereocenters. The molecule has 2 aliphatic heterocycles. The summed E-state index contributed by atoms with van der Waals surface area (Å²) in [5.41, 5.74) is 2.18. The van der Waals surface area contributed by atoms with Crippen LogP contribution < -0.4 is 0 Å². The minimum absolute atomic E-state index is 0.00170. The molecule has 2 heterocycles. The average molecular weight is 471 g/mol. The number of aliphatic hydroxyl groups is 1. The Labute approximate surface area is 206 Å². The van der Waals surface area contributed by atoms with Gasteiger partial charge in [0.2, 0.25) is 0 Å². The molecule has 190 valence electrons. The van der Waals surface area contributed by atoms with Gasteiger partial charge in [-0.15, -0.1) is 0 Å². The molecule has 9 unspecified atom stereocenters. The van der Waals surface area contributed by atoms with Gasteiger partial charge in [-0.25, -0.2) is 0 Å². The van der Waals surface area contributed by atoms with E-state index >= 15 is 0 Å². The summed E-state index contributed by atoms with van der Waals surface area (Å²) in [6.45, 7) is 16.4. The highest BCUT2D eigenvalue weighted by Crippen LogP contribution is 2.73. The molecular weight excluding hydrogens is 424 g/mol. The Bertz CT molecular complexity index is 907. The molecule has 0 radical (unpaired) electrons. The number of epoxide rings is 1. The topological polar surface area (TPSA) is 59.1 Å². The predicted octanol–water partition coefficient (Wildman–Crippen LogP) is 6.02. The Hall–Kier alpha value is -0.970. The number of ether oxygens (including phenoxy) is 2. The van der Waals surface area contributed by atoms with Crippen molar-refractivity contribution in [3.05, 3.63) is 23.3 Å². The van der Waals surface area contributed by atoms with Crippen molar-refractivity contribution in [1.29, 1.82) is 0 Å². The molecule has 0 amide bonds. The lowest BCUT2D eigenvalue weighted by Crippen LogP contribution is -2.59. The third kappa shape index (κ3) is 3.53. The molecule has 5 aliphatic rings. The van der Waals surface area contributed by atoms with Gasteiger partial charge in [-0.1, -0.05) is 51.0 Å². The van der Waals surface area contributed by atoms with Crippen LogP contribution in [0.2, 0.25) is 0 Å². The number of carbonyl (C=O) groups is 1. The summed E-state index contributed by atoms with van der Waals surface area (Å²) in [5, 5.41) is 11.9. The molecule has 0 bridgehead atoms. The van der Waals surface area contributed by atoms with Crippen molar-refractivity contribution in [2.75, 3.05) is 6.61 Å². The van der Waals surface area contributed by atoms with E-state index in [-0.39, 0.29) is 45.9 Å². The highest BCUT2D eigenvalue weighted by atomic mass is 16.6. The van der Waals surface area contributed by atoms with Crippen LogP contribution in [0.25, 0.3) is 0 Å². The number of Topliss-reactive ketones (excluding diaryl/α,β-unsaturated/α-hetero) is 1. The smallest absolute Gasteiger partial charge is 0.138 e. The fourth-order valence-corrected chi connectivity index (χ4v) is 9.47. The zero-order valence-electron chi connectivity index (χ0n) is 22.4. The fourth-order valence-electron chi connectivity index (χ4n) is 9.47. The van der Waals surface area contributed by atoms with Crippen molar-refractivity contribution in [2.24, 2.45) is 34.0 Å². The summed E-state index contributed by atoms with van der Waals surface area (Å²) >= 11 is 0. The van der Waals surface area contributed by atoms with Gasteiger partial charge in [0.25, 0.3) is 0 Å². The number of allylic oxidation sites excluding steroid dienone is 3. The first-order valence-electron chi connectivity index (χ1n) is 13.7. The molecule has 1 N–H and O–H groups in total. The van der Waals surface area contributed by atoms with Gasteiger partial charge in [0, 0.05) is 24.2 Å². The average Bonchev–Trinajstić information content (AvgIpc) is 3.43. The summed E-state index contributed by atoms with van der Waals surface area (Å²) in [6.07, 6.45) is 10.5. The Balaban J connectivity index is 1.44. The second-order valence-corrected chi connectivity index (χ2v) is 13.7. The summed E-state index contributed by atoms with van der Waals surface area (Å²) in [6, 6.07) is 0. The number of fused-ring (bicyclic) bond motifs is 6. The van der Waals surface area contributed by atoms with E-state index in [9.17, 15) is 9.90 Å². The van der Waals surface area contributed by atoms with Crippen LogP contribution in [-0.4, -0.2) is 41.4 Å². The largest absolute Gasteiger partial charge is 0.390 e. The van der Waals surface area contributed by atoms with Crippen LogP contribution in [0, 0.1) is 34.0 Å². The van der Waals surface area contributed by atoms with Crippen LogP contribution in [0.1, 0.15) is 93.4 Å². The summed E-state index contributed by atoms with van der Waals surface area (Å²) in [4.78, 5) is 12.9. The molecule has 34 heavy (non-hydrogen) atoms. The molecule has 2 saturated heterocycles. The van der Waals surface area contributed by atoms with Crippen molar-refractivity contribution in [1.82, 2.24) is 0 Å². The van der Waals surface area contributed by atoms with E-state index in [1.165, 1.54) is 11.1 Å². The fraction of sp³-hybridized carbons (Fsp3) is 0.833. The van der Waals surface area contributed by atoms with Gasteiger partial charge in [-0.3, -0.25) is 4.79 Å². The van der Waals surface area contributed by atoms with Crippen molar-refractivity contribution < 1.29 is 19.4 Å². The van der Waals surface area contributed by atoms with Gasteiger partial charge in [-0.05, 0) is 75.5 Å². The second-order valence-electron chi connectivity index (χ2n) is 13.7. The monoisotopic (exact) mass is 470 g/mol. The van der Waals surface area contributed by atoms with Gasteiger partial charge in [0.1, 0.15) is 11.4 Å². The van der Waals surface area contributed by atoms with E-state index < -0.39 is 6.10 Å². The standard InChI is InChI=1S/C30H46O4/c1-18(2)9-8-10-19(3)15-20-16-30(17-33-30)26-24(34-20)23(32)25-28(6)14-12-22(31)27(4,5)21(28)11-13-29(25,26)7/h9,15,20-21,23-26,32H,8,10-14,16-17H2,1-7H3. The maximum absolute atomic E-state index is 12.9. The molecule has 0 aromatic carbocycles. The van der Waals surface area contributed by atoms with E-state index in [4.69, 9.17) is 9.47 Å². The van der Waals surface area contributed by atoms with Crippen LogP contribution in [0.4, 0.5) is 0 Å². The third-order valence-electron chi connectivity index (χ3n) is 10.9. The molecule has 4 nitrogen and oxygen atoms in total. The van der Waals surface area contributed by atoms with Gasteiger partial charge in [0.15, 0.2) is 0 Å². The molecule has 3 aliphatic carbocycles. The van der Waals surface area contributed by atoms with E-state index in [0.29, 0.717) is 18.1 Å². The zero-order valence-corrected chi connectivity index (χ0v) is 22.4. The van der Waals surface area contributed by atoms with Crippen molar-refractivity contribution in [3.8, 4) is 0 Å². The van der Waals surface area contributed by atoms with Crippen molar-refractivity contribution in [2.45, 2.75) is 117 Å². The van der Waals surface area contributed by atoms with E-state index in [0.717, 1.165) is 45.1 Å². The quantitative estimate of drug-likeness (QED) is 0.403. The third-order valence-corrected chi connectivity index (χ3v) is 10.9. The maximum atomic E-state index is 12.9. The first-order valence-corrected chi connectivity index (χ1v) is 13.7. The van der Waals surface area contributed by atoms with Gasteiger partial charge >= 0.3 is 0 Å². The zero-order chi connectivity index (χ0) is 24.7. The first-order chi connectivity index (χ1) is 15.8. The number of ketones is 1. The number of aliphatic hydroxyl groups excluding tert-OH is 1. The minimum atomic E-state index is -0.505. The molecule has 5 rings (SSSR count). The van der Waals surface area contributed by atoms with Crippen LogP contribution in [0.15, 0.2) is 23.3 Å². The lowest BCUT2D eigenvalue weighted by atomic mass is 9.42. The first kappa shape index (κ1) is 24.7. The lowest BCUT2D eigenvalue weighted by molar-refractivity contribution is -0.169. The highest BCUT2D eigenvalue weighted by molar-refractivity contribution is 5.85. The molecule has 5 fully saturated rings. The molecule has 1 spiro atoms. The predicted molar refractivity (Wildman–Crippen MR) is 134 cm³/mol. The molecule has 4 heteroatoms. The maximum Gasteiger partial charge on any atom is 0.138 e. The van der Waals surface area contributed by atoms with Crippen molar-refractivity contribution >= 4 is 5.78 Å². The van der Waals surface area contributed by atoms with Gasteiger partial charge in [-0.2, -0.15) is 0 Å². The van der Waals surface area contributed by atoms with Crippen LogP contribution in [-0.2, 0) is 14.3 Å². The van der Waals surface area contributed by atoms with E-state index in [2.05, 4.69) is 60.6 Å². The Morgan fingerprint density at radius 2 is 1.79 bits per heavy atom. The van der Waals surface area contributed by atoms with Crippen LogP contribution in [0.5, 0.6) is 0 Å². The summed E-state index contributed by atoms with van der Waals surface area (Å²) in [5.74, 6) is 1.09. The molecular formula is C30H46O4. The van der Waals surface area contributed by atoms with Gasteiger partial charge < -0.3 is 14.6 Å². The summed E-state index contributed by atoms with van der Waals surface area (Å²) in [7, 11) is 0. The van der Waals surface area contributed by atoms with E-state index in [1.54, 1.807) is 0 Å². The SMILES string of the molecule is CC(C)=CCCC(C)=CC1CC2(CO2)C2C(O1)C(O)C1C2(C)CCC2C(C)(C)C(=O)CCC21C. The second kappa shape index (κ2) is 8.02. The Kier molecular flexibility index (Phi) is 5.83. The van der Waals surface area contributed by atoms with Crippen LogP contribution >= 0.6 is 0 Å². The van der Waals surface area contributed by atoms with Crippen molar-refractivity contribution in [3.63, 3.8) is 0 Å². The number of rotatable bonds is 4. The van der Waals surface area contributed by atoms with Gasteiger partial charge in [0.05, 0.1) is 24.9 Å². The molecule has 0 aromatic heterocycles. The molecule has 3 saturated carbocycles. The van der Waals surface area contributed by atoms with E-state index in [1.807, 2.05) is 0 Å². The minimum Gasteiger partial charge on any atom is -0.390 e. The molecule has 0 aromatic rings. The summed E-state index contributed by atoms with van der Waals surface area (Å²) < 4.78 is 13.0. The number of hydrogen-bond donors (Lipinski definition) is 1. The number of hydrogen-bond acceptors (Lipinski definition) is 4. The lowest BCUT2D eigenvalue weighted by Gasteiger charge is -2.61.